The molecule has 1 aromatic rings. The van der Waals surface area contributed by atoms with Crippen molar-refractivity contribution in [1.82, 2.24) is 9.80 Å². The minimum Gasteiger partial charge on any atom is -0.453 e. The topological polar surface area (TPSA) is 49.9 Å². The van der Waals surface area contributed by atoms with Crippen LogP contribution >= 0.6 is 0 Å². The average molecular weight is 344 g/mol. The van der Waals surface area contributed by atoms with E-state index in [0.29, 0.717) is 13.1 Å². The molecule has 2 aliphatic rings. The summed E-state index contributed by atoms with van der Waals surface area (Å²) < 4.78 is 4.84. The van der Waals surface area contributed by atoms with Gasteiger partial charge in [0, 0.05) is 19.1 Å². The number of amides is 2. The molecular weight excluding hydrogens is 316 g/mol. The van der Waals surface area contributed by atoms with Crippen LogP contribution in [0.2, 0.25) is 0 Å². The fourth-order valence-corrected chi connectivity index (χ4v) is 4.25. The quantitative estimate of drug-likeness (QED) is 0.823. The van der Waals surface area contributed by atoms with E-state index >= 15 is 0 Å². The van der Waals surface area contributed by atoms with Crippen LogP contribution < -0.4 is 0 Å². The van der Waals surface area contributed by atoms with Gasteiger partial charge in [-0.3, -0.25) is 4.79 Å². The third-order valence-corrected chi connectivity index (χ3v) is 5.55. The van der Waals surface area contributed by atoms with Gasteiger partial charge in [-0.1, -0.05) is 30.3 Å². The maximum atomic E-state index is 13.4. The summed E-state index contributed by atoms with van der Waals surface area (Å²) in [4.78, 5) is 28.9. The number of rotatable bonds is 2. The van der Waals surface area contributed by atoms with Crippen molar-refractivity contribution in [1.29, 1.82) is 0 Å². The van der Waals surface area contributed by atoms with Crippen LogP contribution in [0.1, 0.15) is 50.6 Å². The van der Waals surface area contributed by atoms with Gasteiger partial charge in [0.2, 0.25) is 5.91 Å². The minimum atomic E-state index is -0.330. The normalized spacial score (nSPS) is 27.0. The zero-order valence-electron chi connectivity index (χ0n) is 15.2. The molecule has 0 N–H and O–H groups in total. The van der Waals surface area contributed by atoms with Gasteiger partial charge in [0.05, 0.1) is 19.1 Å². The number of benzene rings is 1. The number of carbonyl (C=O) groups is 2. The zero-order chi connectivity index (χ0) is 17.8. The lowest BCUT2D eigenvalue weighted by Gasteiger charge is -2.44. The van der Waals surface area contributed by atoms with E-state index in [4.69, 9.17) is 4.74 Å². The van der Waals surface area contributed by atoms with Gasteiger partial charge in [0.1, 0.15) is 0 Å². The van der Waals surface area contributed by atoms with Gasteiger partial charge < -0.3 is 14.5 Å². The Hall–Kier alpha value is -2.04. The lowest BCUT2D eigenvalue weighted by atomic mass is 9.88. The molecule has 25 heavy (non-hydrogen) atoms. The summed E-state index contributed by atoms with van der Waals surface area (Å²) in [5.74, 6) is 0.0641. The predicted molar refractivity (Wildman–Crippen MR) is 96.0 cm³/mol. The fourth-order valence-electron chi connectivity index (χ4n) is 4.25. The monoisotopic (exact) mass is 344 g/mol. The number of nitrogens with zero attached hydrogens (tertiary/aromatic N) is 2. The van der Waals surface area contributed by atoms with Gasteiger partial charge in [0.15, 0.2) is 0 Å². The molecule has 0 radical (unpaired) electrons. The first-order valence-electron chi connectivity index (χ1n) is 9.32. The van der Waals surface area contributed by atoms with Crippen LogP contribution in [0.4, 0.5) is 4.79 Å². The minimum absolute atomic E-state index is 0.125. The molecule has 2 aliphatic heterocycles. The molecule has 3 unspecified atom stereocenters. The third kappa shape index (κ3) is 3.80. The van der Waals surface area contributed by atoms with Gasteiger partial charge >= 0.3 is 6.09 Å². The summed E-state index contributed by atoms with van der Waals surface area (Å²) in [7, 11) is 1.39. The SMILES string of the molecule is COC(=O)N1CCCC(C(=O)N2C(C)CCCC2c2ccccc2)C1. The number of ether oxygens (including phenoxy) is 1. The van der Waals surface area contributed by atoms with Crippen molar-refractivity contribution in [2.24, 2.45) is 5.92 Å². The maximum Gasteiger partial charge on any atom is 0.409 e. The van der Waals surface area contributed by atoms with Crippen molar-refractivity contribution in [2.45, 2.75) is 51.1 Å². The number of piperidine rings is 2. The second-order valence-electron chi connectivity index (χ2n) is 7.21. The van der Waals surface area contributed by atoms with E-state index in [2.05, 4.69) is 24.0 Å². The van der Waals surface area contributed by atoms with E-state index in [1.54, 1.807) is 4.90 Å². The predicted octanol–water partition coefficient (Wildman–Crippen LogP) is 3.61. The van der Waals surface area contributed by atoms with Crippen molar-refractivity contribution in [2.75, 3.05) is 20.2 Å². The number of carbonyl (C=O) groups excluding carboxylic acids is 2. The van der Waals surface area contributed by atoms with E-state index in [0.717, 1.165) is 32.1 Å². The van der Waals surface area contributed by atoms with Gasteiger partial charge in [-0.2, -0.15) is 0 Å². The lowest BCUT2D eigenvalue weighted by Crippen LogP contribution is -2.51. The highest BCUT2D eigenvalue weighted by Crippen LogP contribution is 2.36. The Labute approximate surface area is 149 Å². The van der Waals surface area contributed by atoms with Crippen LogP contribution in [0.15, 0.2) is 30.3 Å². The lowest BCUT2D eigenvalue weighted by molar-refractivity contribution is -0.144. The molecule has 0 spiro atoms. The second kappa shape index (κ2) is 7.89. The Balaban J connectivity index is 1.79. The number of likely N-dealkylation sites (tertiary alicyclic amines) is 2. The molecule has 5 heteroatoms. The molecule has 1 aromatic carbocycles. The first kappa shape index (κ1) is 17.8. The summed E-state index contributed by atoms with van der Waals surface area (Å²) in [6.07, 6.45) is 4.56. The Morgan fingerprint density at radius 1 is 1.08 bits per heavy atom. The molecule has 2 fully saturated rings. The molecular formula is C20H28N2O3. The Bertz CT molecular complexity index is 604. The Kier molecular flexibility index (Phi) is 5.61. The van der Waals surface area contributed by atoms with Crippen molar-refractivity contribution >= 4 is 12.0 Å². The summed E-state index contributed by atoms with van der Waals surface area (Å²) in [5, 5.41) is 0. The highest BCUT2D eigenvalue weighted by Gasteiger charge is 2.38. The largest absolute Gasteiger partial charge is 0.453 e. The molecule has 2 amide bonds. The van der Waals surface area contributed by atoms with Crippen LogP contribution in [-0.2, 0) is 9.53 Å². The first-order chi connectivity index (χ1) is 12.1. The zero-order valence-corrected chi connectivity index (χ0v) is 15.2. The van der Waals surface area contributed by atoms with Crippen LogP contribution in [0.3, 0.4) is 0 Å². The van der Waals surface area contributed by atoms with Crippen molar-refractivity contribution in [3.63, 3.8) is 0 Å². The van der Waals surface area contributed by atoms with Gasteiger partial charge in [-0.25, -0.2) is 4.79 Å². The van der Waals surface area contributed by atoms with E-state index in [9.17, 15) is 9.59 Å². The van der Waals surface area contributed by atoms with Crippen molar-refractivity contribution < 1.29 is 14.3 Å². The molecule has 136 valence electrons. The molecule has 0 aliphatic carbocycles. The molecule has 3 atom stereocenters. The Morgan fingerprint density at radius 3 is 2.56 bits per heavy atom. The molecule has 0 aromatic heterocycles. The molecule has 5 nitrogen and oxygen atoms in total. The fraction of sp³-hybridized carbons (Fsp3) is 0.600. The summed E-state index contributed by atoms with van der Waals surface area (Å²) in [6.45, 7) is 3.29. The van der Waals surface area contributed by atoms with Crippen LogP contribution in [-0.4, -0.2) is 48.0 Å². The van der Waals surface area contributed by atoms with E-state index in [1.165, 1.54) is 12.7 Å². The smallest absolute Gasteiger partial charge is 0.409 e. The molecule has 2 saturated heterocycles. The van der Waals surface area contributed by atoms with Crippen LogP contribution in [0.25, 0.3) is 0 Å². The number of hydrogen-bond donors (Lipinski definition) is 0. The maximum absolute atomic E-state index is 13.4. The highest BCUT2D eigenvalue weighted by molar-refractivity contribution is 5.81. The Morgan fingerprint density at radius 2 is 1.84 bits per heavy atom. The standard InChI is InChI=1S/C20H28N2O3/c1-15-8-6-12-18(16-9-4-3-5-10-16)22(15)19(23)17-11-7-13-21(14-17)20(24)25-2/h3-5,9-10,15,17-18H,6-8,11-14H2,1-2H3. The molecule has 0 bridgehead atoms. The van der Waals surface area contributed by atoms with Crippen LogP contribution in [0.5, 0.6) is 0 Å². The van der Waals surface area contributed by atoms with Crippen molar-refractivity contribution in [3.8, 4) is 0 Å². The van der Waals surface area contributed by atoms with E-state index in [-0.39, 0.29) is 30.0 Å². The van der Waals surface area contributed by atoms with Gasteiger partial charge in [-0.05, 0) is 44.6 Å². The summed E-state index contributed by atoms with van der Waals surface area (Å²) in [5.41, 5.74) is 1.21. The number of hydrogen-bond acceptors (Lipinski definition) is 3. The summed E-state index contributed by atoms with van der Waals surface area (Å²) in [6, 6.07) is 10.7. The van der Waals surface area contributed by atoms with Crippen LogP contribution in [0, 0.1) is 5.92 Å². The summed E-state index contributed by atoms with van der Waals surface area (Å²) >= 11 is 0. The third-order valence-electron chi connectivity index (χ3n) is 5.55. The van der Waals surface area contributed by atoms with Crippen molar-refractivity contribution in [3.05, 3.63) is 35.9 Å². The second-order valence-corrected chi connectivity index (χ2v) is 7.21. The highest BCUT2D eigenvalue weighted by atomic mass is 16.5. The molecule has 0 saturated carbocycles. The van der Waals surface area contributed by atoms with E-state index < -0.39 is 0 Å². The van der Waals surface area contributed by atoms with Gasteiger partial charge in [0.25, 0.3) is 0 Å². The molecule has 2 heterocycles. The average Bonchev–Trinajstić information content (AvgIpc) is 2.67. The van der Waals surface area contributed by atoms with Gasteiger partial charge in [-0.15, -0.1) is 0 Å². The first-order valence-corrected chi connectivity index (χ1v) is 9.32. The van der Waals surface area contributed by atoms with E-state index in [1.807, 2.05) is 18.2 Å². The number of methoxy groups -OCH3 is 1. The molecule has 3 rings (SSSR count).